The number of hydrogen-bond donors (Lipinski definition) is 1. The smallest absolute Gasteiger partial charge is 0.226 e. The van der Waals surface area contributed by atoms with Crippen LogP contribution in [0.25, 0.3) is 11.5 Å². The lowest BCUT2D eigenvalue weighted by molar-refractivity contribution is 0.356. The van der Waals surface area contributed by atoms with Crippen molar-refractivity contribution in [1.29, 1.82) is 0 Å². The monoisotopic (exact) mass is 309 g/mol. The van der Waals surface area contributed by atoms with Crippen LogP contribution >= 0.6 is 0 Å². The molecule has 0 fully saturated rings. The Kier molecular flexibility index (Phi) is 3.67. The molecule has 0 spiro atoms. The van der Waals surface area contributed by atoms with Gasteiger partial charge < -0.3 is 9.73 Å². The summed E-state index contributed by atoms with van der Waals surface area (Å²) in [5, 5.41) is 7.97. The second-order valence-corrected chi connectivity index (χ2v) is 5.88. The Morgan fingerprint density at radius 1 is 1.26 bits per heavy atom. The van der Waals surface area contributed by atoms with Crippen LogP contribution in [0.4, 0.5) is 0 Å². The average Bonchev–Trinajstić information content (AvgIpc) is 3.18. The van der Waals surface area contributed by atoms with Crippen molar-refractivity contribution in [1.82, 2.24) is 25.1 Å². The highest BCUT2D eigenvalue weighted by molar-refractivity contribution is 5.52. The van der Waals surface area contributed by atoms with Crippen LogP contribution in [0.3, 0.4) is 0 Å². The van der Waals surface area contributed by atoms with E-state index in [-0.39, 0.29) is 0 Å². The summed E-state index contributed by atoms with van der Waals surface area (Å²) in [5.74, 6) is 2.61. The zero-order valence-corrected chi connectivity index (χ0v) is 13.1. The molecule has 3 heterocycles. The number of benzene rings is 1. The fourth-order valence-electron chi connectivity index (χ4n) is 2.95. The van der Waals surface area contributed by atoms with Gasteiger partial charge in [-0.1, -0.05) is 18.2 Å². The van der Waals surface area contributed by atoms with Gasteiger partial charge in [0, 0.05) is 24.6 Å². The Balaban J connectivity index is 1.38. The fourth-order valence-corrected chi connectivity index (χ4v) is 2.95. The van der Waals surface area contributed by atoms with Crippen molar-refractivity contribution < 1.29 is 4.42 Å². The number of aryl methyl sites for hydroxylation is 2. The van der Waals surface area contributed by atoms with E-state index in [9.17, 15) is 0 Å². The van der Waals surface area contributed by atoms with Crippen molar-refractivity contribution in [2.24, 2.45) is 0 Å². The Morgan fingerprint density at radius 3 is 3.00 bits per heavy atom. The van der Waals surface area contributed by atoms with Crippen molar-refractivity contribution in [2.45, 2.75) is 38.9 Å². The van der Waals surface area contributed by atoms with Gasteiger partial charge >= 0.3 is 0 Å². The molecular weight excluding hydrogens is 290 g/mol. The van der Waals surface area contributed by atoms with Gasteiger partial charge in [-0.15, -0.1) is 0 Å². The molecule has 23 heavy (non-hydrogen) atoms. The molecule has 6 heteroatoms. The van der Waals surface area contributed by atoms with Gasteiger partial charge in [0.1, 0.15) is 17.9 Å². The molecule has 1 aliphatic rings. The largest absolute Gasteiger partial charge is 0.444 e. The van der Waals surface area contributed by atoms with Gasteiger partial charge in [-0.25, -0.2) is 14.6 Å². The Hall–Kier alpha value is -2.47. The van der Waals surface area contributed by atoms with Crippen molar-refractivity contribution in [2.75, 3.05) is 0 Å². The van der Waals surface area contributed by atoms with Gasteiger partial charge in [-0.3, -0.25) is 0 Å². The van der Waals surface area contributed by atoms with Crippen LogP contribution in [-0.2, 0) is 19.5 Å². The molecule has 6 nitrogen and oxygen atoms in total. The van der Waals surface area contributed by atoms with Crippen LogP contribution < -0.4 is 5.32 Å². The molecular formula is C17H19N5O. The second-order valence-electron chi connectivity index (χ2n) is 5.88. The van der Waals surface area contributed by atoms with Crippen molar-refractivity contribution in [3.63, 3.8) is 0 Å². The quantitative estimate of drug-likeness (QED) is 0.801. The maximum Gasteiger partial charge on any atom is 0.226 e. The molecule has 0 saturated carbocycles. The minimum atomic E-state index is 0.389. The zero-order valence-electron chi connectivity index (χ0n) is 13.1. The predicted octanol–water partition coefficient (Wildman–Crippen LogP) is 2.35. The third-order valence-corrected chi connectivity index (χ3v) is 4.11. The number of oxazole rings is 1. The normalized spacial score (nSPS) is 17.2. The van der Waals surface area contributed by atoms with Gasteiger partial charge in [0.15, 0.2) is 0 Å². The van der Waals surface area contributed by atoms with Gasteiger partial charge in [-0.2, -0.15) is 5.10 Å². The van der Waals surface area contributed by atoms with Gasteiger partial charge in [-0.05, 0) is 25.5 Å². The number of aromatic nitrogens is 4. The summed E-state index contributed by atoms with van der Waals surface area (Å²) in [6.07, 6.45) is 3.76. The fraction of sp³-hybridized carbons (Fsp3) is 0.353. The van der Waals surface area contributed by atoms with Gasteiger partial charge in [0.05, 0.1) is 12.2 Å². The van der Waals surface area contributed by atoms with E-state index in [1.807, 2.05) is 41.9 Å². The van der Waals surface area contributed by atoms with Crippen LogP contribution in [-0.4, -0.2) is 25.8 Å². The highest BCUT2D eigenvalue weighted by Crippen LogP contribution is 2.18. The van der Waals surface area contributed by atoms with E-state index in [4.69, 9.17) is 4.42 Å². The first-order valence-electron chi connectivity index (χ1n) is 7.91. The average molecular weight is 309 g/mol. The van der Waals surface area contributed by atoms with Crippen molar-refractivity contribution in [3.8, 4) is 11.5 Å². The first-order chi connectivity index (χ1) is 11.3. The number of hydrogen-bond acceptors (Lipinski definition) is 5. The van der Waals surface area contributed by atoms with E-state index in [2.05, 4.69) is 20.4 Å². The van der Waals surface area contributed by atoms with Crippen LogP contribution in [0.5, 0.6) is 0 Å². The topological polar surface area (TPSA) is 68.8 Å². The maximum atomic E-state index is 5.57. The number of nitrogens with one attached hydrogen (secondary N) is 1. The van der Waals surface area contributed by atoms with E-state index >= 15 is 0 Å². The molecule has 3 aromatic rings. The summed E-state index contributed by atoms with van der Waals surface area (Å²) in [5.41, 5.74) is 1.92. The lowest BCUT2D eigenvalue weighted by Gasteiger charge is -2.23. The first-order valence-corrected chi connectivity index (χ1v) is 7.91. The van der Waals surface area contributed by atoms with Crippen LogP contribution in [0.15, 0.2) is 41.0 Å². The standard InChI is InChI=1S/C17H19N5O/c1-12-19-16-8-7-14(10-22(16)21-12)18-9-15-11-23-17(20-15)13-5-3-2-4-6-13/h2-6,11,14,18H,7-10H2,1H3/t14-/m1/s1. The lowest BCUT2D eigenvalue weighted by atomic mass is 10.1. The van der Waals surface area contributed by atoms with E-state index in [0.717, 1.165) is 42.3 Å². The summed E-state index contributed by atoms with van der Waals surface area (Å²) in [6.45, 7) is 3.50. The second kappa shape index (κ2) is 5.96. The molecule has 1 atom stereocenters. The molecule has 118 valence electrons. The SMILES string of the molecule is Cc1nc2n(n1)C[C@H](NCc1coc(-c3ccccc3)n1)CC2. The molecule has 0 bridgehead atoms. The first kappa shape index (κ1) is 14.1. The van der Waals surface area contributed by atoms with Crippen LogP contribution in [0, 0.1) is 6.92 Å². The van der Waals surface area contributed by atoms with Gasteiger partial charge in [0.2, 0.25) is 5.89 Å². The summed E-state index contributed by atoms with van der Waals surface area (Å²) in [6, 6.07) is 10.3. The van der Waals surface area contributed by atoms with E-state index in [1.54, 1.807) is 6.26 Å². The summed E-state index contributed by atoms with van der Waals surface area (Å²) >= 11 is 0. The number of rotatable bonds is 4. The molecule has 2 aromatic heterocycles. The Bertz CT molecular complexity index is 792. The van der Waals surface area contributed by atoms with E-state index in [0.29, 0.717) is 18.5 Å². The highest BCUT2D eigenvalue weighted by atomic mass is 16.3. The Labute approximate surface area is 134 Å². The molecule has 1 aromatic carbocycles. The molecule has 0 aliphatic carbocycles. The minimum Gasteiger partial charge on any atom is -0.444 e. The molecule has 4 rings (SSSR count). The van der Waals surface area contributed by atoms with E-state index < -0.39 is 0 Å². The third-order valence-electron chi connectivity index (χ3n) is 4.11. The molecule has 0 amide bonds. The summed E-state index contributed by atoms with van der Waals surface area (Å²) in [7, 11) is 0. The third kappa shape index (κ3) is 3.03. The molecule has 0 saturated heterocycles. The maximum absolute atomic E-state index is 5.57. The molecule has 0 unspecified atom stereocenters. The van der Waals surface area contributed by atoms with Crippen molar-refractivity contribution >= 4 is 0 Å². The minimum absolute atomic E-state index is 0.389. The van der Waals surface area contributed by atoms with Gasteiger partial charge in [0.25, 0.3) is 0 Å². The van der Waals surface area contributed by atoms with Crippen LogP contribution in [0.1, 0.15) is 23.8 Å². The number of nitrogens with zero attached hydrogens (tertiary/aromatic N) is 4. The van der Waals surface area contributed by atoms with E-state index in [1.165, 1.54) is 0 Å². The summed E-state index contributed by atoms with van der Waals surface area (Å²) in [4.78, 5) is 8.99. The molecule has 1 N–H and O–H groups in total. The zero-order chi connectivity index (χ0) is 15.6. The number of fused-ring (bicyclic) bond motifs is 1. The molecule has 0 radical (unpaired) electrons. The van der Waals surface area contributed by atoms with Crippen LogP contribution in [0.2, 0.25) is 0 Å². The summed E-state index contributed by atoms with van der Waals surface area (Å²) < 4.78 is 7.58. The van der Waals surface area contributed by atoms with Crippen molar-refractivity contribution in [3.05, 3.63) is 53.9 Å². The lowest BCUT2D eigenvalue weighted by Crippen LogP contribution is -2.37. The highest BCUT2D eigenvalue weighted by Gasteiger charge is 2.20. The Morgan fingerprint density at radius 2 is 2.13 bits per heavy atom. The predicted molar refractivity (Wildman–Crippen MR) is 85.6 cm³/mol. The molecule has 1 aliphatic heterocycles.